The van der Waals surface area contributed by atoms with Crippen molar-refractivity contribution in [2.75, 3.05) is 18.0 Å². The van der Waals surface area contributed by atoms with Crippen LogP contribution >= 0.6 is 0 Å². The van der Waals surface area contributed by atoms with Crippen LogP contribution in [-0.2, 0) is 14.8 Å². The number of sulfonamides is 1. The van der Waals surface area contributed by atoms with Crippen LogP contribution in [0, 0.1) is 6.92 Å². The van der Waals surface area contributed by atoms with Gasteiger partial charge in [0.05, 0.1) is 17.2 Å². The van der Waals surface area contributed by atoms with Gasteiger partial charge in [0.2, 0.25) is 0 Å². The van der Waals surface area contributed by atoms with E-state index in [4.69, 9.17) is 4.74 Å². The highest BCUT2D eigenvalue weighted by atomic mass is 32.2. The maximum absolute atomic E-state index is 13.1. The maximum atomic E-state index is 13.1. The monoisotopic (exact) mass is 343 g/mol. The van der Waals surface area contributed by atoms with Gasteiger partial charge >= 0.3 is 0 Å². The van der Waals surface area contributed by atoms with Crippen LogP contribution in [-0.4, -0.2) is 22.1 Å². The van der Waals surface area contributed by atoms with Gasteiger partial charge in [-0.3, -0.25) is 0 Å². The van der Waals surface area contributed by atoms with Gasteiger partial charge in [-0.1, -0.05) is 48.6 Å². The van der Waals surface area contributed by atoms with Gasteiger partial charge in [-0.05, 0) is 36.8 Å². The Morgan fingerprint density at radius 1 is 1.12 bits per heavy atom. The van der Waals surface area contributed by atoms with Crippen molar-refractivity contribution >= 4 is 21.8 Å². The summed E-state index contributed by atoms with van der Waals surface area (Å²) >= 11 is 0. The Morgan fingerprint density at radius 3 is 2.42 bits per heavy atom. The van der Waals surface area contributed by atoms with E-state index in [1.54, 1.807) is 55.7 Å². The van der Waals surface area contributed by atoms with Gasteiger partial charge in [-0.25, -0.2) is 12.7 Å². The summed E-state index contributed by atoms with van der Waals surface area (Å²) in [6, 6.07) is 14.0. The Morgan fingerprint density at radius 2 is 1.79 bits per heavy atom. The zero-order chi connectivity index (χ0) is 17.6. The molecular formula is C19H21NO3S. The Labute approximate surface area is 143 Å². The number of nitrogens with zero attached hydrogens (tertiary/aromatic N) is 1. The van der Waals surface area contributed by atoms with E-state index in [2.05, 4.69) is 6.58 Å². The number of aryl methyl sites for hydroxylation is 1. The number of para-hydroxylation sites is 1. The van der Waals surface area contributed by atoms with E-state index in [0.717, 1.165) is 11.1 Å². The molecule has 2 aromatic carbocycles. The number of hydrogen-bond donors (Lipinski definition) is 0. The second-order valence-corrected chi connectivity index (χ2v) is 7.03. The number of ether oxygens (including phenoxy) is 1. The summed E-state index contributed by atoms with van der Waals surface area (Å²) in [6.07, 6.45) is 4.81. The third kappa shape index (κ3) is 3.93. The Balaban J connectivity index is 2.57. The summed E-state index contributed by atoms with van der Waals surface area (Å²) in [5.74, 6) is 0. The van der Waals surface area contributed by atoms with Crippen molar-refractivity contribution in [1.82, 2.24) is 0 Å². The predicted octanol–water partition coefficient (Wildman–Crippen LogP) is 3.99. The molecule has 5 heteroatoms. The predicted molar refractivity (Wildman–Crippen MR) is 98.4 cm³/mol. The van der Waals surface area contributed by atoms with Gasteiger partial charge in [-0.2, -0.15) is 0 Å². The fourth-order valence-electron chi connectivity index (χ4n) is 2.21. The summed E-state index contributed by atoms with van der Waals surface area (Å²) in [6.45, 7) is 6.00. The lowest BCUT2D eigenvalue weighted by Gasteiger charge is -2.22. The molecule has 0 bridgehead atoms. The largest absolute Gasteiger partial charge is 0.381 e. The van der Waals surface area contributed by atoms with Crippen molar-refractivity contribution in [2.24, 2.45) is 0 Å². The SMILES string of the molecule is C=Cc1ccccc1N(/C=C/COC)S(=O)(=O)c1ccc(C)cc1. The summed E-state index contributed by atoms with van der Waals surface area (Å²) < 4.78 is 32.5. The standard InChI is InChI=1S/C19H21NO3S/c1-4-17-8-5-6-9-19(17)20(14-7-15-23-3)24(21,22)18-12-10-16(2)11-13-18/h4-14H,1,15H2,2-3H3/b14-7+. The fraction of sp³-hybridized carbons (Fsp3) is 0.158. The molecule has 0 atom stereocenters. The first-order chi connectivity index (χ1) is 11.5. The van der Waals surface area contributed by atoms with Crippen molar-refractivity contribution in [3.05, 3.63) is 78.5 Å². The topological polar surface area (TPSA) is 46.6 Å². The van der Waals surface area contributed by atoms with E-state index in [-0.39, 0.29) is 4.90 Å². The highest BCUT2D eigenvalue weighted by Crippen LogP contribution is 2.28. The van der Waals surface area contributed by atoms with Crippen LogP contribution in [0.5, 0.6) is 0 Å². The molecule has 0 fully saturated rings. The fourth-order valence-corrected chi connectivity index (χ4v) is 3.59. The third-order valence-corrected chi connectivity index (χ3v) is 5.18. The third-order valence-electron chi connectivity index (χ3n) is 3.48. The first-order valence-corrected chi connectivity index (χ1v) is 8.93. The minimum Gasteiger partial charge on any atom is -0.381 e. The lowest BCUT2D eigenvalue weighted by Crippen LogP contribution is -2.26. The van der Waals surface area contributed by atoms with Gasteiger partial charge in [0, 0.05) is 13.3 Å². The normalized spacial score (nSPS) is 11.6. The summed E-state index contributed by atoms with van der Waals surface area (Å²) in [4.78, 5) is 0.231. The van der Waals surface area contributed by atoms with E-state index >= 15 is 0 Å². The molecule has 0 heterocycles. The molecule has 0 amide bonds. The van der Waals surface area contributed by atoms with Crippen LogP contribution in [0.25, 0.3) is 6.08 Å². The van der Waals surface area contributed by atoms with Crippen LogP contribution in [0.4, 0.5) is 5.69 Å². The molecule has 0 saturated heterocycles. The second kappa shape index (κ2) is 7.95. The Hall–Kier alpha value is -2.37. The molecule has 24 heavy (non-hydrogen) atoms. The number of hydrogen-bond acceptors (Lipinski definition) is 3. The van der Waals surface area contributed by atoms with E-state index in [1.807, 2.05) is 19.1 Å². The van der Waals surface area contributed by atoms with Crippen molar-refractivity contribution in [1.29, 1.82) is 0 Å². The molecule has 0 unspecified atom stereocenters. The molecular weight excluding hydrogens is 322 g/mol. The maximum Gasteiger partial charge on any atom is 0.268 e. The van der Waals surface area contributed by atoms with Gasteiger partial charge in [0.25, 0.3) is 10.0 Å². The van der Waals surface area contributed by atoms with Gasteiger partial charge in [-0.15, -0.1) is 0 Å². The minimum atomic E-state index is -3.74. The zero-order valence-electron chi connectivity index (χ0n) is 13.8. The lowest BCUT2D eigenvalue weighted by atomic mass is 10.2. The number of rotatable bonds is 7. The minimum absolute atomic E-state index is 0.231. The average Bonchev–Trinajstić information content (AvgIpc) is 2.59. The number of anilines is 1. The Kier molecular flexibility index (Phi) is 5.95. The van der Waals surface area contributed by atoms with Crippen LogP contribution in [0.15, 0.2) is 72.3 Å². The molecule has 0 spiro atoms. The molecule has 126 valence electrons. The van der Waals surface area contributed by atoms with Crippen molar-refractivity contribution < 1.29 is 13.2 Å². The first-order valence-electron chi connectivity index (χ1n) is 7.49. The quantitative estimate of drug-likeness (QED) is 0.763. The molecule has 0 saturated carbocycles. The zero-order valence-corrected chi connectivity index (χ0v) is 14.7. The summed E-state index contributed by atoms with van der Waals surface area (Å²) in [7, 11) is -2.18. The second-order valence-electron chi connectivity index (χ2n) is 5.22. The van der Waals surface area contributed by atoms with Crippen LogP contribution < -0.4 is 4.31 Å². The molecule has 0 radical (unpaired) electrons. The van der Waals surface area contributed by atoms with Gasteiger partial charge < -0.3 is 4.74 Å². The van der Waals surface area contributed by atoms with E-state index in [0.29, 0.717) is 12.3 Å². The Bertz CT molecular complexity index is 824. The van der Waals surface area contributed by atoms with Crippen LogP contribution in [0.1, 0.15) is 11.1 Å². The lowest BCUT2D eigenvalue weighted by molar-refractivity contribution is 0.233. The smallest absolute Gasteiger partial charge is 0.268 e. The molecule has 0 N–H and O–H groups in total. The molecule has 0 aromatic heterocycles. The number of methoxy groups -OCH3 is 1. The van der Waals surface area contributed by atoms with Crippen molar-refractivity contribution in [3.63, 3.8) is 0 Å². The summed E-state index contributed by atoms with van der Waals surface area (Å²) in [5.41, 5.74) is 2.28. The summed E-state index contributed by atoms with van der Waals surface area (Å²) in [5, 5.41) is 0. The van der Waals surface area contributed by atoms with Gasteiger partial charge in [0.15, 0.2) is 0 Å². The van der Waals surface area contributed by atoms with Crippen LogP contribution in [0.2, 0.25) is 0 Å². The molecule has 2 rings (SSSR count). The molecule has 2 aromatic rings. The molecule has 0 aliphatic heterocycles. The van der Waals surface area contributed by atoms with Gasteiger partial charge in [0.1, 0.15) is 0 Å². The highest BCUT2D eigenvalue weighted by molar-refractivity contribution is 7.93. The average molecular weight is 343 g/mol. The molecule has 0 aliphatic carbocycles. The van der Waals surface area contributed by atoms with E-state index in [9.17, 15) is 8.42 Å². The van der Waals surface area contributed by atoms with Crippen molar-refractivity contribution in [2.45, 2.75) is 11.8 Å². The van der Waals surface area contributed by atoms with Crippen LogP contribution in [0.3, 0.4) is 0 Å². The molecule has 4 nitrogen and oxygen atoms in total. The van der Waals surface area contributed by atoms with E-state index in [1.165, 1.54) is 10.5 Å². The van der Waals surface area contributed by atoms with Crippen molar-refractivity contribution in [3.8, 4) is 0 Å². The highest BCUT2D eigenvalue weighted by Gasteiger charge is 2.24. The number of benzene rings is 2. The first kappa shape index (κ1) is 18.0. The van der Waals surface area contributed by atoms with E-state index < -0.39 is 10.0 Å². The molecule has 0 aliphatic rings.